The number of carbonyl (C=O) groups is 1. The highest BCUT2D eigenvalue weighted by Crippen LogP contribution is 2.20. The number of carbonyl (C=O) groups excluding carboxylic acids is 1. The summed E-state index contributed by atoms with van der Waals surface area (Å²) in [6.07, 6.45) is 4.82. The first-order chi connectivity index (χ1) is 7.75. The zero-order valence-corrected chi connectivity index (χ0v) is 10.6. The lowest BCUT2D eigenvalue weighted by Gasteiger charge is -2.30. The molecular formula is C13H19NOS. The summed E-state index contributed by atoms with van der Waals surface area (Å²) < 4.78 is 0. The van der Waals surface area contributed by atoms with Gasteiger partial charge in [-0.25, -0.2) is 0 Å². The van der Waals surface area contributed by atoms with Crippen molar-refractivity contribution in [2.75, 3.05) is 13.6 Å². The Labute approximate surface area is 101 Å². The number of likely N-dealkylation sites (N-methyl/N-ethyl adjacent to an activating group) is 1. The lowest BCUT2D eigenvalue weighted by Crippen LogP contribution is -2.36. The fourth-order valence-corrected chi connectivity index (χ4v) is 2.99. The van der Waals surface area contributed by atoms with E-state index in [2.05, 4.69) is 29.5 Å². The fourth-order valence-electron chi connectivity index (χ4n) is 2.29. The molecular weight excluding hydrogens is 218 g/mol. The summed E-state index contributed by atoms with van der Waals surface area (Å²) in [6.45, 7) is 1.11. The van der Waals surface area contributed by atoms with Crippen LogP contribution >= 0.6 is 11.3 Å². The van der Waals surface area contributed by atoms with E-state index in [0.29, 0.717) is 11.8 Å². The van der Waals surface area contributed by atoms with Gasteiger partial charge >= 0.3 is 0 Å². The molecule has 1 fully saturated rings. The number of hydrogen-bond acceptors (Lipinski definition) is 3. The Morgan fingerprint density at radius 3 is 2.81 bits per heavy atom. The van der Waals surface area contributed by atoms with E-state index in [4.69, 9.17) is 0 Å². The maximum Gasteiger partial charge on any atom is 0.133 e. The van der Waals surface area contributed by atoms with Crippen molar-refractivity contribution < 1.29 is 4.79 Å². The van der Waals surface area contributed by atoms with Gasteiger partial charge in [-0.05, 0) is 37.8 Å². The molecule has 0 amide bonds. The van der Waals surface area contributed by atoms with Gasteiger partial charge in [0.15, 0.2) is 0 Å². The molecule has 0 radical (unpaired) electrons. The zero-order chi connectivity index (χ0) is 11.4. The summed E-state index contributed by atoms with van der Waals surface area (Å²) in [6, 6.07) is 4.93. The third-order valence-corrected chi connectivity index (χ3v) is 4.36. The fraction of sp³-hybridized carbons (Fsp3) is 0.615. The third-order valence-electron chi connectivity index (χ3n) is 3.43. The van der Waals surface area contributed by atoms with Crippen LogP contribution in [0.5, 0.6) is 0 Å². The van der Waals surface area contributed by atoms with Crippen LogP contribution in [0.15, 0.2) is 17.5 Å². The molecule has 1 aliphatic rings. The number of rotatable bonds is 4. The molecule has 2 rings (SSSR count). The summed E-state index contributed by atoms with van der Waals surface area (Å²) in [5.74, 6) is 0.447. The van der Waals surface area contributed by atoms with Crippen LogP contribution in [0.4, 0.5) is 0 Å². The first kappa shape index (κ1) is 11.8. The Morgan fingerprint density at radius 1 is 1.44 bits per heavy atom. The first-order valence-electron chi connectivity index (χ1n) is 6.00. The van der Waals surface area contributed by atoms with Crippen molar-refractivity contribution in [2.45, 2.75) is 38.1 Å². The quantitative estimate of drug-likeness (QED) is 0.802. The normalized spacial score (nSPS) is 18.2. The van der Waals surface area contributed by atoms with Gasteiger partial charge in [-0.3, -0.25) is 4.79 Å². The maximum atomic E-state index is 11.2. The molecule has 1 aliphatic carbocycles. The first-order valence-corrected chi connectivity index (χ1v) is 6.88. The van der Waals surface area contributed by atoms with Gasteiger partial charge in [-0.1, -0.05) is 6.07 Å². The van der Waals surface area contributed by atoms with Crippen molar-refractivity contribution in [3.05, 3.63) is 22.4 Å². The Morgan fingerprint density at radius 2 is 2.19 bits per heavy atom. The summed E-state index contributed by atoms with van der Waals surface area (Å²) >= 11 is 1.83. The van der Waals surface area contributed by atoms with E-state index in [9.17, 15) is 4.79 Å². The minimum absolute atomic E-state index is 0.447. The minimum Gasteiger partial charge on any atom is -0.303 e. The minimum atomic E-state index is 0.447. The molecule has 3 heteroatoms. The molecule has 0 aliphatic heterocycles. The number of ketones is 1. The van der Waals surface area contributed by atoms with Gasteiger partial charge in [0.1, 0.15) is 5.78 Å². The van der Waals surface area contributed by atoms with Crippen molar-refractivity contribution in [2.24, 2.45) is 0 Å². The predicted octanol–water partition coefficient (Wildman–Crippen LogP) is 2.73. The van der Waals surface area contributed by atoms with E-state index in [1.165, 1.54) is 4.88 Å². The van der Waals surface area contributed by atoms with E-state index < -0.39 is 0 Å². The summed E-state index contributed by atoms with van der Waals surface area (Å²) in [4.78, 5) is 15.0. The van der Waals surface area contributed by atoms with Gasteiger partial charge in [0, 0.05) is 30.3 Å². The van der Waals surface area contributed by atoms with Crippen LogP contribution < -0.4 is 0 Å². The SMILES string of the molecule is CN(CCc1cccs1)C1CCC(=O)CC1. The van der Waals surface area contributed by atoms with Crippen LogP contribution in [0.25, 0.3) is 0 Å². The topological polar surface area (TPSA) is 20.3 Å². The molecule has 1 heterocycles. The summed E-state index contributed by atoms with van der Waals surface area (Å²) in [5, 5.41) is 2.13. The third kappa shape index (κ3) is 3.16. The molecule has 0 spiro atoms. The van der Waals surface area contributed by atoms with E-state index in [1.54, 1.807) is 0 Å². The molecule has 0 unspecified atom stereocenters. The second-order valence-corrected chi connectivity index (χ2v) is 5.61. The number of Topliss-reactive ketones (excluding diaryl/α,β-unsaturated/α-hetero) is 1. The second-order valence-electron chi connectivity index (χ2n) is 4.58. The highest BCUT2D eigenvalue weighted by atomic mass is 32.1. The Hall–Kier alpha value is -0.670. The molecule has 1 aromatic heterocycles. The van der Waals surface area contributed by atoms with Crippen molar-refractivity contribution in [3.63, 3.8) is 0 Å². The molecule has 0 atom stereocenters. The maximum absolute atomic E-state index is 11.2. The van der Waals surface area contributed by atoms with Crippen molar-refractivity contribution in [3.8, 4) is 0 Å². The predicted molar refractivity (Wildman–Crippen MR) is 67.9 cm³/mol. The average molecular weight is 237 g/mol. The van der Waals surface area contributed by atoms with Gasteiger partial charge in [0.05, 0.1) is 0 Å². The Bertz CT molecular complexity index is 324. The van der Waals surface area contributed by atoms with Gasteiger partial charge in [0.2, 0.25) is 0 Å². The van der Waals surface area contributed by atoms with E-state index in [-0.39, 0.29) is 0 Å². The second kappa shape index (κ2) is 5.60. The molecule has 1 aromatic rings. The number of hydrogen-bond donors (Lipinski definition) is 0. The van der Waals surface area contributed by atoms with Gasteiger partial charge in [0.25, 0.3) is 0 Å². The Balaban J connectivity index is 1.75. The zero-order valence-electron chi connectivity index (χ0n) is 9.82. The molecule has 0 bridgehead atoms. The van der Waals surface area contributed by atoms with Crippen LogP contribution in [0.2, 0.25) is 0 Å². The van der Waals surface area contributed by atoms with Crippen LogP contribution in [-0.4, -0.2) is 30.3 Å². The van der Waals surface area contributed by atoms with E-state index >= 15 is 0 Å². The van der Waals surface area contributed by atoms with Gasteiger partial charge < -0.3 is 4.90 Å². The van der Waals surface area contributed by atoms with Crippen molar-refractivity contribution in [1.82, 2.24) is 4.90 Å². The number of thiophene rings is 1. The largest absolute Gasteiger partial charge is 0.303 e. The van der Waals surface area contributed by atoms with Crippen LogP contribution in [-0.2, 0) is 11.2 Å². The smallest absolute Gasteiger partial charge is 0.133 e. The van der Waals surface area contributed by atoms with E-state index in [0.717, 1.165) is 38.6 Å². The van der Waals surface area contributed by atoms with Gasteiger partial charge in [-0.2, -0.15) is 0 Å². The highest BCUT2D eigenvalue weighted by Gasteiger charge is 2.21. The lowest BCUT2D eigenvalue weighted by atomic mass is 9.93. The monoisotopic (exact) mass is 237 g/mol. The standard InChI is InChI=1S/C13H19NOS/c1-14(9-8-13-3-2-10-16-13)11-4-6-12(15)7-5-11/h2-3,10-11H,4-9H2,1H3. The molecule has 16 heavy (non-hydrogen) atoms. The molecule has 1 saturated carbocycles. The Kier molecular flexibility index (Phi) is 4.13. The van der Waals surface area contributed by atoms with Crippen LogP contribution in [0.3, 0.4) is 0 Å². The molecule has 0 aromatic carbocycles. The average Bonchev–Trinajstić information content (AvgIpc) is 2.80. The molecule has 0 N–H and O–H groups in total. The summed E-state index contributed by atoms with van der Waals surface area (Å²) in [5.41, 5.74) is 0. The van der Waals surface area contributed by atoms with Crippen LogP contribution in [0.1, 0.15) is 30.6 Å². The highest BCUT2D eigenvalue weighted by molar-refractivity contribution is 7.09. The molecule has 88 valence electrons. The lowest BCUT2D eigenvalue weighted by molar-refractivity contribution is -0.121. The van der Waals surface area contributed by atoms with E-state index in [1.807, 2.05) is 11.3 Å². The molecule has 0 saturated heterocycles. The summed E-state index contributed by atoms with van der Waals surface area (Å²) in [7, 11) is 2.19. The number of nitrogens with zero attached hydrogens (tertiary/aromatic N) is 1. The molecule has 2 nitrogen and oxygen atoms in total. The van der Waals surface area contributed by atoms with Crippen LogP contribution in [0, 0.1) is 0 Å². The van der Waals surface area contributed by atoms with Crippen molar-refractivity contribution in [1.29, 1.82) is 0 Å². The van der Waals surface area contributed by atoms with Gasteiger partial charge in [-0.15, -0.1) is 11.3 Å². The van der Waals surface area contributed by atoms with Crippen molar-refractivity contribution >= 4 is 17.1 Å².